The second kappa shape index (κ2) is 6.50. The minimum atomic E-state index is 0.593. The number of rotatable bonds is 6. The first kappa shape index (κ1) is 12.0. The summed E-state index contributed by atoms with van der Waals surface area (Å²) in [5.74, 6) is 0. The molecular weight excluding hydrogens is 147 g/mol. The molecule has 0 rings (SSSR count). The summed E-state index contributed by atoms with van der Waals surface area (Å²) in [5, 5.41) is 0. The Balaban J connectivity index is 4.02. The minimum Gasteiger partial charge on any atom is -0.329 e. The molecule has 0 N–H and O–H groups in total. The first-order valence-corrected chi connectivity index (χ1v) is 5.19. The van der Waals surface area contributed by atoms with Crippen LogP contribution >= 0.6 is 0 Å². The van der Waals surface area contributed by atoms with E-state index in [0.717, 1.165) is 26.2 Å². The maximum atomic E-state index is 2.48. The fourth-order valence-corrected chi connectivity index (χ4v) is 1.74. The molecule has 0 saturated carbocycles. The molecule has 2 nitrogen and oxygen atoms in total. The molecule has 12 heavy (non-hydrogen) atoms. The Kier molecular flexibility index (Phi) is 6.49. The van der Waals surface area contributed by atoms with Crippen molar-refractivity contribution in [3.8, 4) is 0 Å². The predicted molar refractivity (Wildman–Crippen MR) is 57.5 cm³/mol. The van der Waals surface area contributed by atoms with E-state index in [2.05, 4.69) is 44.1 Å². The first-order chi connectivity index (χ1) is 5.71. The maximum Gasteiger partial charge on any atom is 0.307 e. The van der Waals surface area contributed by atoms with Crippen molar-refractivity contribution in [2.45, 2.75) is 34.5 Å². The lowest BCUT2D eigenvalue weighted by Gasteiger charge is -2.32. The molecule has 0 aliphatic heterocycles. The Bertz CT molecular complexity index is 88.7. The van der Waals surface area contributed by atoms with E-state index in [1.165, 1.54) is 0 Å². The third-order valence-electron chi connectivity index (χ3n) is 2.68. The predicted octanol–water partition coefficient (Wildman–Crippen LogP) is 1.79. The highest BCUT2D eigenvalue weighted by molar-refractivity contribution is 6.51. The molecule has 0 spiro atoms. The van der Waals surface area contributed by atoms with Crippen LogP contribution in [0.2, 0.25) is 6.82 Å². The Morgan fingerprint density at radius 2 is 1.00 bits per heavy atom. The highest BCUT2D eigenvalue weighted by Gasteiger charge is 2.20. The van der Waals surface area contributed by atoms with E-state index in [0.29, 0.717) is 6.98 Å². The first-order valence-electron chi connectivity index (χ1n) is 5.19. The monoisotopic (exact) mass is 170 g/mol. The van der Waals surface area contributed by atoms with Gasteiger partial charge in [0.15, 0.2) is 0 Å². The molecular formula is C9H23BN2. The van der Waals surface area contributed by atoms with Crippen LogP contribution in [0.5, 0.6) is 0 Å². The topological polar surface area (TPSA) is 6.48 Å². The second-order valence-corrected chi connectivity index (χ2v) is 3.07. The van der Waals surface area contributed by atoms with Gasteiger partial charge in [-0.3, -0.25) is 0 Å². The van der Waals surface area contributed by atoms with Gasteiger partial charge in [-0.1, -0.05) is 34.5 Å². The number of hydrogen-bond donors (Lipinski definition) is 0. The highest BCUT2D eigenvalue weighted by Crippen LogP contribution is 2.00. The molecule has 0 aliphatic rings. The van der Waals surface area contributed by atoms with E-state index in [1.807, 2.05) is 0 Å². The van der Waals surface area contributed by atoms with Crippen LogP contribution in [0.25, 0.3) is 0 Å². The third kappa shape index (κ3) is 3.15. The normalized spacial score (nSPS) is 11.2. The van der Waals surface area contributed by atoms with E-state index in [4.69, 9.17) is 0 Å². The second-order valence-electron chi connectivity index (χ2n) is 3.07. The summed E-state index contributed by atoms with van der Waals surface area (Å²) in [7, 11) is 0. The van der Waals surface area contributed by atoms with Crippen LogP contribution in [-0.4, -0.2) is 42.8 Å². The molecule has 0 saturated heterocycles. The van der Waals surface area contributed by atoms with Crippen molar-refractivity contribution in [1.29, 1.82) is 0 Å². The van der Waals surface area contributed by atoms with Crippen LogP contribution in [0, 0.1) is 0 Å². The van der Waals surface area contributed by atoms with Crippen molar-refractivity contribution < 1.29 is 0 Å². The third-order valence-corrected chi connectivity index (χ3v) is 2.68. The van der Waals surface area contributed by atoms with E-state index in [1.54, 1.807) is 0 Å². The molecule has 0 atom stereocenters. The Hall–Kier alpha value is -0.0151. The smallest absolute Gasteiger partial charge is 0.307 e. The highest BCUT2D eigenvalue weighted by atomic mass is 15.2. The molecule has 0 aromatic heterocycles. The molecule has 0 heterocycles. The lowest BCUT2D eigenvalue weighted by Crippen LogP contribution is -2.50. The molecule has 0 unspecified atom stereocenters. The van der Waals surface area contributed by atoms with Crippen molar-refractivity contribution in [2.75, 3.05) is 26.2 Å². The molecule has 3 heteroatoms. The Labute approximate surface area is 78.0 Å². The van der Waals surface area contributed by atoms with Crippen LogP contribution in [-0.2, 0) is 0 Å². The van der Waals surface area contributed by atoms with Gasteiger partial charge in [-0.2, -0.15) is 0 Å². The summed E-state index contributed by atoms with van der Waals surface area (Å²) in [6.45, 7) is 16.4. The molecule has 0 aliphatic carbocycles. The van der Waals surface area contributed by atoms with Gasteiger partial charge in [0.2, 0.25) is 0 Å². The fraction of sp³-hybridized carbons (Fsp3) is 1.00. The molecule has 72 valence electrons. The molecule has 0 fully saturated rings. The molecule has 0 radical (unpaired) electrons. The van der Waals surface area contributed by atoms with Gasteiger partial charge in [-0.05, 0) is 26.2 Å². The van der Waals surface area contributed by atoms with Gasteiger partial charge >= 0.3 is 6.98 Å². The zero-order valence-electron chi connectivity index (χ0n) is 9.30. The SMILES string of the molecule is CCN(CC)B(C)N(CC)CC. The molecule has 0 bridgehead atoms. The standard InChI is InChI=1S/C9H23BN2/c1-6-11(7-2)10(5)12(8-3)9-4/h6-9H2,1-5H3. The average molecular weight is 170 g/mol. The summed E-state index contributed by atoms with van der Waals surface area (Å²) in [5.41, 5.74) is 0. The van der Waals surface area contributed by atoms with Gasteiger partial charge in [-0.15, -0.1) is 0 Å². The van der Waals surface area contributed by atoms with E-state index >= 15 is 0 Å². The molecule has 0 aromatic carbocycles. The van der Waals surface area contributed by atoms with Crippen LogP contribution in [0.1, 0.15) is 27.7 Å². The van der Waals surface area contributed by atoms with Crippen LogP contribution in [0.3, 0.4) is 0 Å². The molecule has 0 aromatic rings. The quantitative estimate of drug-likeness (QED) is 0.560. The Morgan fingerprint density at radius 1 is 0.750 bits per heavy atom. The van der Waals surface area contributed by atoms with Gasteiger partial charge in [0.1, 0.15) is 0 Å². The van der Waals surface area contributed by atoms with Crippen LogP contribution in [0.4, 0.5) is 0 Å². The maximum absolute atomic E-state index is 2.48. The van der Waals surface area contributed by atoms with Crippen molar-refractivity contribution in [2.24, 2.45) is 0 Å². The largest absolute Gasteiger partial charge is 0.329 e. The molecule has 0 amide bonds. The van der Waals surface area contributed by atoms with Crippen molar-refractivity contribution in [3.05, 3.63) is 0 Å². The van der Waals surface area contributed by atoms with E-state index in [-0.39, 0.29) is 0 Å². The fourth-order valence-electron chi connectivity index (χ4n) is 1.74. The average Bonchev–Trinajstić information content (AvgIpc) is 2.09. The Morgan fingerprint density at radius 3 is 1.17 bits per heavy atom. The van der Waals surface area contributed by atoms with Crippen LogP contribution < -0.4 is 0 Å². The minimum absolute atomic E-state index is 0.593. The van der Waals surface area contributed by atoms with Gasteiger partial charge in [0.05, 0.1) is 0 Å². The van der Waals surface area contributed by atoms with E-state index in [9.17, 15) is 0 Å². The summed E-state index contributed by atoms with van der Waals surface area (Å²) < 4.78 is 0. The van der Waals surface area contributed by atoms with Crippen molar-refractivity contribution in [3.63, 3.8) is 0 Å². The number of hydrogen-bond acceptors (Lipinski definition) is 2. The lowest BCUT2D eigenvalue weighted by molar-refractivity contribution is 0.383. The summed E-state index contributed by atoms with van der Waals surface area (Å²) in [6.07, 6.45) is 0. The van der Waals surface area contributed by atoms with Crippen molar-refractivity contribution >= 4 is 6.98 Å². The van der Waals surface area contributed by atoms with Gasteiger partial charge in [-0.25, -0.2) is 0 Å². The van der Waals surface area contributed by atoms with Gasteiger partial charge in [0, 0.05) is 0 Å². The van der Waals surface area contributed by atoms with E-state index < -0.39 is 0 Å². The lowest BCUT2D eigenvalue weighted by atomic mass is 9.74. The zero-order valence-corrected chi connectivity index (χ0v) is 9.30. The van der Waals surface area contributed by atoms with Crippen LogP contribution in [0.15, 0.2) is 0 Å². The summed E-state index contributed by atoms with van der Waals surface area (Å²) in [4.78, 5) is 4.96. The van der Waals surface area contributed by atoms with Crippen molar-refractivity contribution in [1.82, 2.24) is 9.62 Å². The van der Waals surface area contributed by atoms with Gasteiger partial charge < -0.3 is 9.62 Å². The zero-order chi connectivity index (χ0) is 9.56. The number of nitrogens with zero attached hydrogens (tertiary/aromatic N) is 2. The summed E-state index contributed by atoms with van der Waals surface area (Å²) in [6, 6.07) is 0. The summed E-state index contributed by atoms with van der Waals surface area (Å²) >= 11 is 0. The van der Waals surface area contributed by atoms with Gasteiger partial charge in [0.25, 0.3) is 0 Å².